The zero-order valence-electron chi connectivity index (χ0n) is 10.0. The third kappa shape index (κ3) is 4.94. The van der Waals surface area contributed by atoms with Crippen LogP contribution < -0.4 is 10.6 Å². The Kier molecular flexibility index (Phi) is 5.57. The Labute approximate surface area is 97.2 Å². The second-order valence-corrected chi connectivity index (χ2v) is 3.94. The molecule has 2 N–H and O–H groups in total. The zero-order chi connectivity index (χ0) is 11.8. The molecule has 1 aromatic rings. The highest BCUT2D eigenvalue weighted by atomic mass is 16.1. The average Bonchev–Trinajstić information content (AvgIpc) is 2.29. The molecule has 0 aliphatic rings. The van der Waals surface area contributed by atoms with Crippen molar-refractivity contribution in [2.24, 2.45) is 0 Å². The number of rotatable bonds is 6. The van der Waals surface area contributed by atoms with Crippen LogP contribution >= 0.6 is 0 Å². The van der Waals surface area contributed by atoms with Gasteiger partial charge in [0.05, 0.1) is 0 Å². The van der Waals surface area contributed by atoms with Crippen LogP contribution in [0.2, 0.25) is 0 Å². The van der Waals surface area contributed by atoms with Gasteiger partial charge in [-0.3, -0.25) is 4.79 Å². The summed E-state index contributed by atoms with van der Waals surface area (Å²) in [4.78, 5) is 11.3. The quantitative estimate of drug-likeness (QED) is 0.758. The normalized spacial score (nSPS) is 10.1. The van der Waals surface area contributed by atoms with Gasteiger partial charge in [0, 0.05) is 19.5 Å². The molecule has 3 heteroatoms. The highest BCUT2D eigenvalue weighted by molar-refractivity contribution is 5.76. The van der Waals surface area contributed by atoms with E-state index in [0.717, 1.165) is 13.0 Å². The molecule has 16 heavy (non-hydrogen) atoms. The van der Waals surface area contributed by atoms with Crippen LogP contribution in [0.5, 0.6) is 0 Å². The molecule has 0 aliphatic carbocycles. The van der Waals surface area contributed by atoms with Crippen molar-refractivity contribution >= 4 is 5.91 Å². The third-order valence-electron chi connectivity index (χ3n) is 2.46. The van der Waals surface area contributed by atoms with Crippen molar-refractivity contribution in [3.8, 4) is 0 Å². The lowest BCUT2D eigenvalue weighted by Crippen LogP contribution is -2.28. The Morgan fingerprint density at radius 1 is 1.19 bits per heavy atom. The van der Waals surface area contributed by atoms with E-state index in [1.54, 1.807) is 0 Å². The number of carbonyl (C=O) groups excluding carboxylic acids is 1. The highest BCUT2D eigenvalue weighted by Gasteiger charge is 1.99. The molecule has 0 bridgehead atoms. The average molecular weight is 220 g/mol. The van der Waals surface area contributed by atoms with Gasteiger partial charge in [-0.1, -0.05) is 29.8 Å². The molecule has 0 fully saturated rings. The molecule has 0 spiro atoms. The minimum atomic E-state index is 0.112. The standard InChI is InChI=1S/C13H20N2O/c1-11-3-5-12(6-4-11)7-10-15-13(16)8-9-14-2/h3-6,14H,7-10H2,1-2H3,(H,15,16). The van der Waals surface area contributed by atoms with E-state index in [0.29, 0.717) is 13.0 Å². The van der Waals surface area contributed by atoms with Gasteiger partial charge in [-0.05, 0) is 26.0 Å². The van der Waals surface area contributed by atoms with E-state index in [4.69, 9.17) is 0 Å². The van der Waals surface area contributed by atoms with Gasteiger partial charge in [0.1, 0.15) is 0 Å². The van der Waals surface area contributed by atoms with Crippen molar-refractivity contribution in [1.29, 1.82) is 0 Å². The van der Waals surface area contributed by atoms with E-state index in [-0.39, 0.29) is 5.91 Å². The Morgan fingerprint density at radius 3 is 2.50 bits per heavy atom. The fourth-order valence-corrected chi connectivity index (χ4v) is 1.43. The van der Waals surface area contributed by atoms with E-state index in [2.05, 4.69) is 41.8 Å². The van der Waals surface area contributed by atoms with Gasteiger partial charge < -0.3 is 10.6 Å². The van der Waals surface area contributed by atoms with Crippen molar-refractivity contribution in [1.82, 2.24) is 10.6 Å². The number of hydrogen-bond donors (Lipinski definition) is 2. The third-order valence-corrected chi connectivity index (χ3v) is 2.46. The molecule has 0 radical (unpaired) electrons. The van der Waals surface area contributed by atoms with Gasteiger partial charge in [-0.15, -0.1) is 0 Å². The van der Waals surface area contributed by atoms with Gasteiger partial charge >= 0.3 is 0 Å². The Hall–Kier alpha value is -1.35. The van der Waals surface area contributed by atoms with Crippen LogP contribution in [-0.4, -0.2) is 26.0 Å². The lowest BCUT2D eigenvalue weighted by Gasteiger charge is -2.05. The van der Waals surface area contributed by atoms with E-state index in [1.807, 2.05) is 7.05 Å². The summed E-state index contributed by atoms with van der Waals surface area (Å²) in [7, 11) is 1.85. The second-order valence-electron chi connectivity index (χ2n) is 3.94. The van der Waals surface area contributed by atoms with Crippen molar-refractivity contribution in [2.75, 3.05) is 20.1 Å². The number of benzene rings is 1. The molecule has 0 aliphatic heterocycles. The lowest BCUT2D eigenvalue weighted by molar-refractivity contribution is -0.120. The van der Waals surface area contributed by atoms with Crippen LogP contribution in [0.3, 0.4) is 0 Å². The van der Waals surface area contributed by atoms with Crippen molar-refractivity contribution < 1.29 is 4.79 Å². The Morgan fingerprint density at radius 2 is 1.88 bits per heavy atom. The maximum Gasteiger partial charge on any atom is 0.221 e. The van der Waals surface area contributed by atoms with Crippen LogP contribution in [0.4, 0.5) is 0 Å². The van der Waals surface area contributed by atoms with E-state index >= 15 is 0 Å². The zero-order valence-corrected chi connectivity index (χ0v) is 10.0. The summed E-state index contributed by atoms with van der Waals surface area (Å²) >= 11 is 0. The number of aryl methyl sites for hydroxylation is 1. The SMILES string of the molecule is CNCCC(=O)NCCc1ccc(C)cc1. The molecule has 0 heterocycles. The van der Waals surface area contributed by atoms with Crippen molar-refractivity contribution in [2.45, 2.75) is 19.8 Å². The maximum absolute atomic E-state index is 11.3. The van der Waals surface area contributed by atoms with Crippen LogP contribution in [0.1, 0.15) is 17.5 Å². The fourth-order valence-electron chi connectivity index (χ4n) is 1.43. The Bertz CT molecular complexity index is 319. The molecular formula is C13H20N2O. The molecule has 1 amide bonds. The predicted octanol–water partition coefficient (Wildman–Crippen LogP) is 1.26. The number of amides is 1. The first-order valence-corrected chi connectivity index (χ1v) is 5.69. The molecule has 0 unspecified atom stereocenters. The molecule has 0 atom stereocenters. The van der Waals surface area contributed by atoms with Gasteiger partial charge in [-0.25, -0.2) is 0 Å². The predicted molar refractivity (Wildman–Crippen MR) is 66.4 cm³/mol. The summed E-state index contributed by atoms with van der Waals surface area (Å²) < 4.78 is 0. The minimum Gasteiger partial charge on any atom is -0.356 e. The van der Waals surface area contributed by atoms with Crippen molar-refractivity contribution in [3.05, 3.63) is 35.4 Å². The summed E-state index contributed by atoms with van der Waals surface area (Å²) in [5.41, 5.74) is 2.53. The number of hydrogen-bond acceptors (Lipinski definition) is 2. The fraction of sp³-hybridized carbons (Fsp3) is 0.462. The Balaban J connectivity index is 2.20. The van der Waals surface area contributed by atoms with Gasteiger partial charge in [0.2, 0.25) is 5.91 Å². The summed E-state index contributed by atoms with van der Waals surface area (Å²) in [6.45, 7) is 3.52. The topological polar surface area (TPSA) is 41.1 Å². The molecular weight excluding hydrogens is 200 g/mol. The first kappa shape index (κ1) is 12.7. The molecule has 3 nitrogen and oxygen atoms in total. The largest absolute Gasteiger partial charge is 0.356 e. The summed E-state index contributed by atoms with van der Waals surface area (Å²) in [6.07, 6.45) is 1.44. The van der Waals surface area contributed by atoms with Crippen LogP contribution in [-0.2, 0) is 11.2 Å². The summed E-state index contributed by atoms with van der Waals surface area (Å²) in [6, 6.07) is 8.40. The molecule has 1 rings (SSSR count). The van der Waals surface area contributed by atoms with Crippen LogP contribution in [0.25, 0.3) is 0 Å². The summed E-state index contributed by atoms with van der Waals surface area (Å²) in [5, 5.41) is 5.85. The smallest absolute Gasteiger partial charge is 0.221 e. The molecule has 88 valence electrons. The summed E-state index contributed by atoms with van der Waals surface area (Å²) in [5.74, 6) is 0.112. The molecule has 1 aromatic carbocycles. The van der Waals surface area contributed by atoms with Gasteiger partial charge in [0.15, 0.2) is 0 Å². The van der Waals surface area contributed by atoms with E-state index in [1.165, 1.54) is 11.1 Å². The number of carbonyl (C=O) groups is 1. The lowest BCUT2D eigenvalue weighted by atomic mass is 10.1. The first-order valence-electron chi connectivity index (χ1n) is 5.69. The number of nitrogens with one attached hydrogen (secondary N) is 2. The molecule has 0 saturated heterocycles. The first-order chi connectivity index (χ1) is 7.72. The van der Waals surface area contributed by atoms with Crippen LogP contribution in [0.15, 0.2) is 24.3 Å². The van der Waals surface area contributed by atoms with Gasteiger partial charge in [-0.2, -0.15) is 0 Å². The van der Waals surface area contributed by atoms with Crippen LogP contribution in [0, 0.1) is 6.92 Å². The minimum absolute atomic E-state index is 0.112. The molecule has 0 aromatic heterocycles. The van der Waals surface area contributed by atoms with Crippen molar-refractivity contribution in [3.63, 3.8) is 0 Å². The van der Waals surface area contributed by atoms with Gasteiger partial charge in [0.25, 0.3) is 0 Å². The second kappa shape index (κ2) is 7.01. The highest BCUT2D eigenvalue weighted by Crippen LogP contribution is 2.02. The van der Waals surface area contributed by atoms with E-state index in [9.17, 15) is 4.79 Å². The molecule has 0 saturated carbocycles. The monoisotopic (exact) mass is 220 g/mol. The maximum atomic E-state index is 11.3. The van der Waals surface area contributed by atoms with E-state index < -0.39 is 0 Å².